The van der Waals surface area contributed by atoms with Gasteiger partial charge in [0.15, 0.2) is 0 Å². The maximum absolute atomic E-state index is 6.52. The zero-order valence-corrected chi connectivity index (χ0v) is 39.3. The lowest BCUT2D eigenvalue weighted by Gasteiger charge is -2.29. The lowest BCUT2D eigenvalue weighted by molar-refractivity contribution is 0.669. The molecule has 0 unspecified atom stereocenters. The van der Waals surface area contributed by atoms with Crippen molar-refractivity contribution >= 4 is 109 Å². The molecule has 0 bridgehead atoms. The molecule has 3 heterocycles. The molecule has 0 radical (unpaired) electrons. The van der Waals surface area contributed by atoms with E-state index in [1.54, 1.807) is 0 Å². The monoisotopic (exact) mass is 925 g/mol. The van der Waals surface area contributed by atoms with Gasteiger partial charge in [-0.15, -0.1) is 11.3 Å². The van der Waals surface area contributed by atoms with Gasteiger partial charge in [0.1, 0.15) is 11.2 Å². The summed E-state index contributed by atoms with van der Waals surface area (Å²) in [6, 6.07) is 94.2. The highest BCUT2D eigenvalue weighted by molar-refractivity contribution is 7.25. The highest BCUT2D eigenvalue weighted by Gasteiger charge is 2.23. The van der Waals surface area contributed by atoms with Crippen LogP contribution in [-0.4, -0.2) is 4.57 Å². The summed E-state index contributed by atoms with van der Waals surface area (Å²) in [7, 11) is 0. The molecular weight excluding hydrogens is 883 g/mol. The normalized spacial score (nSPS) is 11.7. The van der Waals surface area contributed by atoms with Crippen molar-refractivity contribution in [3.63, 3.8) is 0 Å². The average molecular weight is 926 g/mol. The summed E-state index contributed by atoms with van der Waals surface area (Å²) >= 11 is 1.86. The number of furan rings is 1. The van der Waals surface area contributed by atoms with Crippen molar-refractivity contribution < 1.29 is 4.42 Å². The molecule has 3 aromatic heterocycles. The van der Waals surface area contributed by atoms with E-state index in [1.807, 2.05) is 23.5 Å². The molecule has 0 spiro atoms. The van der Waals surface area contributed by atoms with E-state index in [4.69, 9.17) is 4.42 Å². The molecule has 0 saturated heterocycles. The molecule has 0 amide bonds. The molecule has 0 saturated carbocycles. The van der Waals surface area contributed by atoms with E-state index in [0.29, 0.717) is 0 Å². The standard InChI is InChI=1S/C66H43N3OS/c1-4-18-44(19-5-1)45-20-16-27-50(38-45)68(52-35-37-56-55-29-11-14-32-63(55)70-64(56)41-52)60-31-13-10-28-53(60)46-21-17-26-49(39-46)67(47-22-6-2-7-23-47)51-34-36-54-58-42-59-57-30-12-15-33-65(57)71-66(59)43-62(58)69(61(54)40-51)48-24-8-3-9-25-48/h1-43H. The second-order valence-corrected chi connectivity index (χ2v) is 19.2. The topological polar surface area (TPSA) is 24.6 Å². The van der Waals surface area contributed by atoms with Crippen LogP contribution in [0, 0.1) is 0 Å². The first-order chi connectivity index (χ1) is 35.2. The number of aromatic nitrogens is 1. The molecule has 4 nitrogen and oxygen atoms in total. The Kier molecular flexibility index (Phi) is 9.68. The third-order valence-corrected chi connectivity index (χ3v) is 15.1. The minimum Gasteiger partial charge on any atom is -0.456 e. The van der Waals surface area contributed by atoms with Gasteiger partial charge in [0.25, 0.3) is 0 Å². The number of rotatable bonds is 9. The van der Waals surface area contributed by atoms with Crippen molar-refractivity contribution in [2.24, 2.45) is 0 Å². The fraction of sp³-hybridized carbons (Fsp3) is 0. The number of nitrogens with zero attached hydrogens (tertiary/aromatic N) is 3. The summed E-state index contributed by atoms with van der Waals surface area (Å²) in [6.07, 6.45) is 0. The zero-order valence-electron chi connectivity index (χ0n) is 38.5. The smallest absolute Gasteiger partial charge is 0.137 e. The number of fused-ring (bicyclic) bond motifs is 9. The molecule has 0 N–H and O–H groups in total. The van der Waals surface area contributed by atoms with Crippen molar-refractivity contribution in [2.45, 2.75) is 0 Å². The first-order valence-corrected chi connectivity index (χ1v) is 24.9. The number of para-hydroxylation sites is 4. The van der Waals surface area contributed by atoms with Crippen molar-refractivity contribution in [1.82, 2.24) is 4.57 Å². The van der Waals surface area contributed by atoms with Crippen LogP contribution in [0.1, 0.15) is 0 Å². The number of benzene rings is 11. The van der Waals surface area contributed by atoms with Crippen molar-refractivity contribution in [3.05, 3.63) is 261 Å². The van der Waals surface area contributed by atoms with Gasteiger partial charge in [0.2, 0.25) is 0 Å². The molecule has 14 aromatic rings. The Hall–Kier alpha value is -9.16. The zero-order chi connectivity index (χ0) is 46.8. The summed E-state index contributed by atoms with van der Waals surface area (Å²) in [5, 5.41) is 7.28. The summed E-state index contributed by atoms with van der Waals surface area (Å²) in [6.45, 7) is 0. The van der Waals surface area contributed by atoms with Crippen molar-refractivity contribution in [1.29, 1.82) is 0 Å². The van der Waals surface area contributed by atoms with Crippen LogP contribution in [0.2, 0.25) is 0 Å². The van der Waals surface area contributed by atoms with Crippen LogP contribution in [0.5, 0.6) is 0 Å². The second kappa shape index (κ2) is 16.8. The molecule has 0 aliphatic carbocycles. The quantitative estimate of drug-likeness (QED) is 0.144. The van der Waals surface area contributed by atoms with Crippen LogP contribution in [0.3, 0.4) is 0 Å². The Bertz CT molecular complexity index is 4300. The maximum Gasteiger partial charge on any atom is 0.137 e. The molecule has 334 valence electrons. The lowest BCUT2D eigenvalue weighted by atomic mass is 9.99. The summed E-state index contributed by atoms with van der Waals surface area (Å²) in [5.74, 6) is 0. The number of anilines is 6. The summed E-state index contributed by atoms with van der Waals surface area (Å²) in [4.78, 5) is 4.76. The number of hydrogen-bond acceptors (Lipinski definition) is 4. The van der Waals surface area contributed by atoms with Gasteiger partial charge < -0.3 is 18.8 Å². The highest BCUT2D eigenvalue weighted by Crippen LogP contribution is 2.47. The lowest BCUT2D eigenvalue weighted by Crippen LogP contribution is -2.12. The number of hydrogen-bond donors (Lipinski definition) is 0. The summed E-state index contributed by atoms with van der Waals surface area (Å²) < 4.78 is 11.6. The van der Waals surface area contributed by atoms with Crippen LogP contribution in [0.15, 0.2) is 265 Å². The van der Waals surface area contributed by atoms with E-state index in [2.05, 4.69) is 263 Å². The van der Waals surface area contributed by atoms with Crippen LogP contribution in [-0.2, 0) is 0 Å². The van der Waals surface area contributed by atoms with E-state index in [9.17, 15) is 0 Å². The molecule has 0 atom stereocenters. The van der Waals surface area contributed by atoms with E-state index in [0.717, 1.165) is 84.0 Å². The minimum atomic E-state index is 0.850. The molecule has 0 fully saturated rings. The highest BCUT2D eigenvalue weighted by atomic mass is 32.1. The van der Waals surface area contributed by atoms with Crippen LogP contribution >= 0.6 is 11.3 Å². The average Bonchev–Trinajstić information content (AvgIpc) is 4.10. The third kappa shape index (κ3) is 6.97. The Morgan fingerprint density at radius 2 is 0.887 bits per heavy atom. The van der Waals surface area contributed by atoms with Gasteiger partial charge in [-0.2, -0.15) is 0 Å². The van der Waals surface area contributed by atoms with Crippen molar-refractivity contribution in [2.75, 3.05) is 9.80 Å². The van der Waals surface area contributed by atoms with Crippen molar-refractivity contribution in [3.8, 4) is 27.9 Å². The first kappa shape index (κ1) is 40.9. The first-order valence-electron chi connectivity index (χ1n) is 24.1. The van der Waals surface area contributed by atoms with Gasteiger partial charge in [-0.1, -0.05) is 152 Å². The third-order valence-electron chi connectivity index (χ3n) is 13.9. The largest absolute Gasteiger partial charge is 0.456 e. The Morgan fingerprint density at radius 3 is 1.72 bits per heavy atom. The molecule has 11 aromatic carbocycles. The molecule has 5 heteroatoms. The Balaban J connectivity index is 0.941. The van der Waals surface area contributed by atoms with Gasteiger partial charge >= 0.3 is 0 Å². The molecule has 0 aliphatic heterocycles. The van der Waals surface area contributed by atoms with Gasteiger partial charge in [-0.25, -0.2) is 0 Å². The van der Waals surface area contributed by atoms with Gasteiger partial charge in [0, 0.05) is 87.5 Å². The van der Waals surface area contributed by atoms with Crippen LogP contribution in [0.25, 0.3) is 91.9 Å². The predicted molar refractivity (Wildman–Crippen MR) is 301 cm³/mol. The molecule has 0 aliphatic rings. The second-order valence-electron chi connectivity index (χ2n) is 18.1. The predicted octanol–water partition coefficient (Wildman–Crippen LogP) is 19.3. The minimum absolute atomic E-state index is 0.850. The fourth-order valence-corrected chi connectivity index (χ4v) is 11.8. The van der Waals surface area contributed by atoms with E-state index in [1.165, 1.54) is 42.0 Å². The number of thiophene rings is 1. The van der Waals surface area contributed by atoms with Gasteiger partial charge in [0.05, 0.1) is 16.7 Å². The fourth-order valence-electron chi connectivity index (χ4n) is 10.7. The van der Waals surface area contributed by atoms with Gasteiger partial charge in [-0.3, -0.25) is 0 Å². The van der Waals surface area contributed by atoms with Crippen LogP contribution in [0.4, 0.5) is 34.1 Å². The van der Waals surface area contributed by atoms with Gasteiger partial charge in [-0.05, 0) is 120 Å². The van der Waals surface area contributed by atoms with E-state index >= 15 is 0 Å². The molecule has 71 heavy (non-hydrogen) atoms. The molecule has 14 rings (SSSR count). The Labute approximate surface area is 414 Å². The SMILES string of the molecule is c1ccc(-c2cccc(N(c3ccc4c(c3)oc3ccccc34)c3ccccc3-c3cccc(N(c4ccccc4)c4ccc5c6cc7c(cc6n(-c6ccccc6)c5c4)sc4ccccc47)c3)c2)cc1. The maximum atomic E-state index is 6.52. The van der Waals surface area contributed by atoms with E-state index in [-0.39, 0.29) is 0 Å². The Morgan fingerprint density at radius 1 is 0.310 bits per heavy atom. The molecular formula is C66H43N3OS. The van der Waals surface area contributed by atoms with E-state index < -0.39 is 0 Å². The summed E-state index contributed by atoms with van der Waals surface area (Å²) in [5.41, 5.74) is 16.0. The van der Waals surface area contributed by atoms with Crippen LogP contribution < -0.4 is 9.80 Å².